The summed E-state index contributed by atoms with van der Waals surface area (Å²) in [5.74, 6) is -0.654. The molecule has 0 aliphatic carbocycles. The second-order valence-corrected chi connectivity index (χ2v) is 7.07. The van der Waals surface area contributed by atoms with Crippen LogP contribution < -0.4 is 0 Å². The summed E-state index contributed by atoms with van der Waals surface area (Å²) in [7, 11) is -1.36. The number of benzene rings is 1. The smallest absolute Gasteiger partial charge is 0.261 e. The number of carbonyl (C=O) groups excluding carboxylic acids is 2. The van der Waals surface area contributed by atoms with Gasteiger partial charge in [-0.05, 0) is 12.1 Å². The number of imide groups is 1. The van der Waals surface area contributed by atoms with Crippen LogP contribution in [0.25, 0.3) is 0 Å². The SMILES string of the molecule is COP(C)(=O)CCN1C(=O)c2ccccc2C1=O. The third kappa shape index (κ3) is 2.24. The number of carbonyl (C=O) groups is 2. The molecule has 0 bridgehead atoms. The maximum absolute atomic E-state index is 12.0. The lowest BCUT2D eigenvalue weighted by molar-refractivity contribution is 0.0663. The zero-order valence-corrected chi connectivity index (χ0v) is 11.1. The van der Waals surface area contributed by atoms with Gasteiger partial charge in [0.25, 0.3) is 11.8 Å². The van der Waals surface area contributed by atoms with Crippen molar-refractivity contribution in [3.05, 3.63) is 35.4 Å². The predicted molar refractivity (Wildman–Crippen MR) is 67.2 cm³/mol. The lowest BCUT2D eigenvalue weighted by Gasteiger charge is -2.16. The van der Waals surface area contributed by atoms with Crippen molar-refractivity contribution in [1.82, 2.24) is 4.90 Å². The Labute approximate surface area is 105 Å². The van der Waals surface area contributed by atoms with Crippen molar-refractivity contribution in [3.8, 4) is 0 Å². The van der Waals surface area contributed by atoms with Crippen molar-refractivity contribution < 1.29 is 18.7 Å². The van der Waals surface area contributed by atoms with E-state index in [0.29, 0.717) is 11.1 Å². The standard InChI is InChI=1S/C12H14NO4P/c1-17-18(2,16)8-7-13-11(14)9-5-3-4-6-10(9)12(13)15/h3-6H,7-8H2,1-2H3. The Balaban J connectivity index is 2.17. The van der Waals surface area contributed by atoms with Gasteiger partial charge in [0.1, 0.15) is 0 Å². The maximum atomic E-state index is 12.0. The van der Waals surface area contributed by atoms with Gasteiger partial charge in [0.15, 0.2) is 0 Å². The quantitative estimate of drug-likeness (QED) is 0.616. The van der Waals surface area contributed by atoms with Crippen LogP contribution in [0.4, 0.5) is 0 Å². The molecule has 1 unspecified atom stereocenters. The highest BCUT2D eigenvalue weighted by Gasteiger charge is 2.35. The maximum Gasteiger partial charge on any atom is 0.261 e. The molecule has 6 heteroatoms. The Kier molecular flexibility index (Phi) is 3.37. The summed E-state index contributed by atoms with van der Waals surface area (Å²) in [4.78, 5) is 25.1. The van der Waals surface area contributed by atoms with Gasteiger partial charge in [0.05, 0.1) is 11.1 Å². The summed E-state index contributed by atoms with van der Waals surface area (Å²) < 4.78 is 16.6. The molecule has 0 fully saturated rings. The molecule has 0 radical (unpaired) electrons. The van der Waals surface area contributed by atoms with Gasteiger partial charge in [0.2, 0.25) is 7.37 Å². The monoisotopic (exact) mass is 267 g/mol. The Morgan fingerprint density at radius 3 is 2.11 bits per heavy atom. The fourth-order valence-corrected chi connectivity index (χ4v) is 2.56. The first-order valence-electron chi connectivity index (χ1n) is 5.54. The van der Waals surface area contributed by atoms with Crippen LogP contribution in [0, 0.1) is 0 Å². The van der Waals surface area contributed by atoms with Crippen LogP contribution in [0.15, 0.2) is 24.3 Å². The molecule has 0 saturated carbocycles. The molecule has 1 heterocycles. The number of fused-ring (bicyclic) bond motifs is 1. The first-order valence-corrected chi connectivity index (χ1v) is 7.79. The molecule has 96 valence electrons. The molecule has 2 rings (SSSR count). The first kappa shape index (κ1) is 13.0. The summed E-state index contributed by atoms with van der Waals surface area (Å²) >= 11 is 0. The van der Waals surface area contributed by atoms with Crippen molar-refractivity contribution in [2.45, 2.75) is 0 Å². The van der Waals surface area contributed by atoms with Gasteiger partial charge in [-0.25, -0.2) is 0 Å². The fourth-order valence-electron chi connectivity index (χ4n) is 1.82. The fraction of sp³-hybridized carbons (Fsp3) is 0.333. The van der Waals surface area contributed by atoms with Gasteiger partial charge in [-0.3, -0.25) is 19.1 Å². The highest BCUT2D eigenvalue weighted by Crippen LogP contribution is 2.41. The van der Waals surface area contributed by atoms with Crippen LogP contribution in [-0.2, 0) is 9.09 Å². The Bertz CT molecular complexity index is 520. The van der Waals surface area contributed by atoms with E-state index >= 15 is 0 Å². The Hall–Kier alpha value is -1.45. The van der Waals surface area contributed by atoms with Gasteiger partial charge in [-0.15, -0.1) is 0 Å². The average Bonchev–Trinajstić information content (AvgIpc) is 2.61. The van der Waals surface area contributed by atoms with Gasteiger partial charge >= 0.3 is 0 Å². The molecule has 1 aromatic rings. The molecule has 1 aliphatic rings. The van der Waals surface area contributed by atoms with Crippen LogP contribution in [0.2, 0.25) is 0 Å². The van der Waals surface area contributed by atoms with Gasteiger partial charge < -0.3 is 4.52 Å². The first-order chi connectivity index (χ1) is 8.46. The summed E-state index contributed by atoms with van der Waals surface area (Å²) in [5, 5.41) is 0. The number of rotatable bonds is 4. The number of hydrogen-bond donors (Lipinski definition) is 0. The molecule has 1 atom stereocenters. The van der Waals surface area contributed by atoms with Gasteiger partial charge in [-0.1, -0.05) is 12.1 Å². The molecule has 0 spiro atoms. The summed E-state index contributed by atoms with van der Waals surface area (Å²) in [6.07, 6.45) is 0.176. The zero-order chi connectivity index (χ0) is 13.3. The molecule has 2 amide bonds. The summed E-state index contributed by atoms with van der Waals surface area (Å²) in [6, 6.07) is 6.68. The third-order valence-corrected chi connectivity index (χ3v) is 4.78. The largest absolute Gasteiger partial charge is 0.332 e. The number of nitrogens with zero attached hydrogens (tertiary/aromatic N) is 1. The molecule has 1 aromatic carbocycles. The van der Waals surface area contributed by atoms with E-state index in [0.717, 1.165) is 4.90 Å². The Morgan fingerprint density at radius 1 is 1.17 bits per heavy atom. The molecule has 5 nitrogen and oxygen atoms in total. The highest BCUT2D eigenvalue weighted by molar-refractivity contribution is 7.58. The van der Waals surface area contributed by atoms with Gasteiger partial charge in [-0.2, -0.15) is 0 Å². The molecule has 18 heavy (non-hydrogen) atoms. The minimum absolute atomic E-state index is 0.119. The predicted octanol–water partition coefficient (Wildman–Crippen LogP) is 1.84. The van der Waals surface area contributed by atoms with Crippen LogP contribution in [0.5, 0.6) is 0 Å². The van der Waals surface area contributed by atoms with E-state index in [2.05, 4.69) is 0 Å². The second-order valence-electron chi connectivity index (χ2n) is 4.23. The minimum atomic E-state index is -2.72. The third-order valence-electron chi connectivity index (χ3n) is 2.99. The summed E-state index contributed by atoms with van der Waals surface area (Å²) in [6.45, 7) is 1.61. The van der Waals surface area contributed by atoms with E-state index in [4.69, 9.17) is 4.52 Å². The van der Waals surface area contributed by atoms with Crippen molar-refractivity contribution in [2.75, 3.05) is 26.5 Å². The normalized spacial score (nSPS) is 17.8. The van der Waals surface area contributed by atoms with Crippen LogP contribution in [0.3, 0.4) is 0 Å². The van der Waals surface area contributed by atoms with E-state index in [1.165, 1.54) is 13.8 Å². The minimum Gasteiger partial charge on any atom is -0.332 e. The lowest BCUT2D eigenvalue weighted by Crippen LogP contribution is -2.32. The molecule has 0 N–H and O–H groups in total. The molecule has 0 saturated heterocycles. The van der Waals surface area contributed by atoms with Gasteiger partial charge in [0, 0.05) is 26.5 Å². The van der Waals surface area contributed by atoms with E-state index in [1.807, 2.05) is 0 Å². The molecular formula is C12H14NO4P. The van der Waals surface area contributed by atoms with Crippen molar-refractivity contribution >= 4 is 19.2 Å². The molecule has 0 aromatic heterocycles. The van der Waals surface area contributed by atoms with Crippen molar-refractivity contribution in [3.63, 3.8) is 0 Å². The van der Waals surface area contributed by atoms with E-state index in [1.54, 1.807) is 24.3 Å². The van der Waals surface area contributed by atoms with Crippen molar-refractivity contribution in [2.24, 2.45) is 0 Å². The number of amides is 2. The molecular weight excluding hydrogens is 253 g/mol. The van der Waals surface area contributed by atoms with Crippen LogP contribution in [-0.4, -0.2) is 43.2 Å². The topological polar surface area (TPSA) is 63.7 Å². The van der Waals surface area contributed by atoms with Crippen LogP contribution in [0.1, 0.15) is 20.7 Å². The van der Waals surface area contributed by atoms with E-state index in [-0.39, 0.29) is 24.5 Å². The lowest BCUT2D eigenvalue weighted by atomic mass is 10.1. The van der Waals surface area contributed by atoms with Crippen molar-refractivity contribution in [1.29, 1.82) is 0 Å². The van der Waals surface area contributed by atoms with E-state index in [9.17, 15) is 14.2 Å². The van der Waals surface area contributed by atoms with Crippen LogP contribution >= 0.6 is 7.37 Å². The molecule has 1 aliphatic heterocycles. The summed E-state index contributed by atoms with van der Waals surface area (Å²) in [5.41, 5.74) is 0.816. The van der Waals surface area contributed by atoms with E-state index < -0.39 is 7.37 Å². The average molecular weight is 267 g/mol. The second kappa shape index (κ2) is 4.67. The number of hydrogen-bond acceptors (Lipinski definition) is 4. The Morgan fingerprint density at radius 2 is 1.67 bits per heavy atom. The highest BCUT2D eigenvalue weighted by atomic mass is 31.2. The zero-order valence-electron chi connectivity index (χ0n) is 10.3.